The number of nitrogens with one attached hydrogen (secondary N) is 2. The maximum atomic E-state index is 11.6. The summed E-state index contributed by atoms with van der Waals surface area (Å²) in [6.45, 7) is 2.08. The Hall–Kier alpha value is -2.11. The highest BCUT2D eigenvalue weighted by molar-refractivity contribution is 7.80. The van der Waals surface area contributed by atoms with Crippen LogP contribution in [-0.4, -0.2) is 18.2 Å². The van der Waals surface area contributed by atoms with Crippen LogP contribution in [0.2, 0.25) is 5.02 Å². The number of esters is 1. The average molecular weight is 363 g/mol. The molecule has 0 spiro atoms. The van der Waals surface area contributed by atoms with Crippen molar-refractivity contribution in [2.45, 2.75) is 19.4 Å². The number of hydrogen-bond acceptors (Lipinski definition) is 3. The van der Waals surface area contributed by atoms with E-state index in [0.29, 0.717) is 21.4 Å². The van der Waals surface area contributed by atoms with Crippen molar-refractivity contribution in [1.82, 2.24) is 5.32 Å². The van der Waals surface area contributed by atoms with E-state index in [1.807, 2.05) is 18.2 Å². The fraction of sp³-hybridized carbons (Fsp3) is 0.222. The summed E-state index contributed by atoms with van der Waals surface area (Å²) in [5, 5.41) is 7.22. The van der Waals surface area contributed by atoms with Crippen LogP contribution < -0.4 is 10.6 Å². The molecule has 0 saturated heterocycles. The van der Waals surface area contributed by atoms with Gasteiger partial charge in [-0.3, -0.25) is 0 Å². The molecule has 0 amide bonds. The zero-order valence-corrected chi connectivity index (χ0v) is 15.1. The quantitative estimate of drug-likeness (QED) is 0.603. The number of methoxy groups -OCH3 is 1. The molecule has 1 atom stereocenters. The number of benzene rings is 2. The van der Waals surface area contributed by atoms with Gasteiger partial charge >= 0.3 is 5.97 Å². The summed E-state index contributed by atoms with van der Waals surface area (Å²) in [5.41, 5.74) is 2.11. The Morgan fingerprint density at radius 3 is 2.58 bits per heavy atom. The van der Waals surface area contributed by atoms with Crippen molar-refractivity contribution in [1.29, 1.82) is 0 Å². The lowest BCUT2D eigenvalue weighted by Crippen LogP contribution is -2.32. The number of anilines is 1. The lowest BCUT2D eigenvalue weighted by atomic mass is 10.1. The number of ether oxygens (including phenoxy) is 1. The third kappa shape index (κ3) is 4.69. The van der Waals surface area contributed by atoms with Crippen LogP contribution in [0, 0.1) is 0 Å². The van der Waals surface area contributed by atoms with Crippen molar-refractivity contribution < 1.29 is 9.53 Å². The van der Waals surface area contributed by atoms with Crippen LogP contribution in [-0.2, 0) is 4.74 Å². The van der Waals surface area contributed by atoms with Crippen molar-refractivity contribution in [3.05, 3.63) is 64.7 Å². The second-order valence-corrected chi connectivity index (χ2v) is 5.97. The van der Waals surface area contributed by atoms with Gasteiger partial charge in [0.15, 0.2) is 5.11 Å². The Balaban J connectivity index is 2.10. The van der Waals surface area contributed by atoms with Crippen molar-refractivity contribution in [3.8, 4) is 0 Å². The van der Waals surface area contributed by atoms with Gasteiger partial charge < -0.3 is 15.4 Å². The molecule has 0 bridgehead atoms. The fourth-order valence-electron chi connectivity index (χ4n) is 2.29. The van der Waals surface area contributed by atoms with Crippen molar-refractivity contribution in [3.63, 3.8) is 0 Å². The molecule has 2 aromatic rings. The van der Waals surface area contributed by atoms with Gasteiger partial charge in [-0.05, 0) is 42.4 Å². The van der Waals surface area contributed by atoms with E-state index >= 15 is 0 Å². The van der Waals surface area contributed by atoms with E-state index < -0.39 is 5.97 Å². The van der Waals surface area contributed by atoms with Crippen LogP contribution in [0.15, 0.2) is 48.5 Å². The zero-order chi connectivity index (χ0) is 17.5. The molecule has 0 aromatic heterocycles. The maximum absolute atomic E-state index is 11.6. The predicted molar refractivity (Wildman–Crippen MR) is 102 cm³/mol. The standard InChI is InChI=1S/C18H19ClN2O2S/c1-3-15(12-7-5-4-6-8-12)20-18(24)21-16-11-13(17(22)23-2)9-10-14(16)19/h4-11,15H,3H2,1-2H3,(H2,20,21,24)/t15-/m0/s1. The Labute approximate surface area is 152 Å². The SMILES string of the molecule is CC[C@H](NC(=S)Nc1cc(C(=O)OC)ccc1Cl)c1ccccc1. The average Bonchev–Trinajstić information content (AvgIpc) is 2.61. The van der Waals surface area contributed by atoms with Crippen LogP contribution in [0.25, 0.3) is 0 Å². The lowest BCUT2D eigenvalue weighted by Gasteiger charge is -2.20. The molecule has 0 heterocycles. The molecule has 4 nitrogen and oxygen atoms in total. The van der Waals surface area contributed by atoms with E-state index in [9.17, 15) is 4.79 Å². The molecule has 0 aliphatic rings. The highest BCUT2D eigenvalue weighted by atomic mass is 35.5. The van der Waals surface area contributed by atoms with Gasteiger partial charge in [0.1, 0.15) is 0 Å². The molecule has 0 aliphatic carbocycles. The van der Waals surface area contributed by atoms with Gasteiger partial charge in [-0.2, -0.15) is 0 Å². The summed E-state index contributed by atoms with van der Waals surface area (Å²) < 4.78 is 4.72. The highest BCUT2D eigenvalue weighted by Gasteiger charge is 2.13. The molecule has 0 unspecified atom stereocenters. The van der Waals surface area contributed by atoms with Gasteiger partial charge in [-0.1, -0.05) is 48.9 Å². The third-order valence-corrected chi connectivity index (χ3v) is 4.10. The third-order valence-electron chi connectivity index (χ3n) is 3.55. The first-order valence-corrected chi connectivity index (χ1v) is 8.34. The van der Waals surface area contributed by atoms with E-state index in [1.165, 1.54) is 7.11 Å². The minimum Gasteiger partial charge on any atom is -0.465 e. The van der Waals surface area contributed by atoms with E-state index in [4.69, 9.17) is 28.6 Å². The van der Waals surface area contributed by atoms with E-state index in [1.54, 1.807) is 18.2 Å². The lowest BCUT2D eigenvalue weighted by molar-refractivity contribution is 0.0601. The van der Waals surface area contributed by atoms with Crippen LogP contribution in [0.4, 0.5) is 5.69 Å². The Bertz CT molecular complexity index is 722. The monoisotopic (exact) mass is 362 g/mol. The van der Waals surface area contributed by atoms with E-state index in [2.05, 4.69) is 29.7 Å². The van der Waals surface area contributed by atoms with Crippen LogP contribution in [0.1, 0.15) is 35.3 Å². The largest absolute Gasteiger partial charge is 0.465 e. The van der Waals surface area contributed by atoms with Gasteiger partial charge in [0.2, 0.25) is 0 Å². The summed E-state index contributed by atoms with van der Waals surface area (Å²) in [4.78, 5) is 11.6. The van der Waals surface area contributed by atoms with Crippen molar-refractivity contribution >= 4 is 40.6 Å². The Morgan fingerprint density at radius 1 is 1.25 bits per heavy atom. The molecule has 24 heavy (non-hydrogen) atoms. The molecule has 2 N–H and O–H groups in total. The molecular formula is C18H19ClN2O2S. The summed E-state index contributed by atoms with van der Waals surface area (Å²) in [6.07, 6.45) is 0.877. The number of rotatable bonds is 5. The Morgan fingerprint density at radius 2 is 1.96 bits per heavy atom. The van der Waals surface area contributed by atoms with Crippen LogP contribution in [0.3, 0.4) is 0 Å². The topological polar surface area (TPSA) is 50.4 Å². The summed E-state index contributed by atoms with van der Waals surface area (Å²) in [7, 11) is 1.34. The summed E-state index contributed by atoms with van der Waals surface area (Å²) in [6, 6.07) is 15.0. The van der Waals surface area contributed by atoms with Crippen molar-refractivity contribution in [2.24, 2.45) is 0 Å². The zero-order valence-electron chi connectivity index (χ0n) is 13.5. The molecule has 2 aromatic carbocycles. The number of carbonyl (C=O) groups is 1. The molecule has 6 heteroatoms. The highest BCUT2D eigenvalue weighted by Crippen LogP contribution is 2.24. The van der Waals surface area contributed by atoms with Crippen LogP contribution in [0.5, 0.6) is 0 Å². The second kappa shape index (κ2) is 8.66. The number of hydrogen-bond donors (Lipinski definition) is 2. The minimum atomic E-state index is -0.427. The predicted octanol–water partition coefficient (Wildman–Crippen LogP) is 4.56. The van der Waals surface area contributed by atoms with Gasteiger partial charge in [0, 0.05) is 0 Å². The molecule has 0 fully saturated rings. The number of halogens is 1. The van der Waals surface area contributed by atoms with Gasteiger partial charge in [-0.25, -0.2) is 4.79 Å². The van der Waals surface area contributed by atoms with Gasteiger partial charge in [-0.15, -0.1) is 0 Å². The number of carbonyl (C=O) groups excluding carboxylic acids is 1. The fourth-order valence-corrected chi connectivity index (χ4v) is 2.71. The summed E-state index contributed by atoms with van der Waals surface area (Å²) >= 11 is 11.6. The maximum Gasteiger partial charge on any atom is 0.337 e. The first-order chi connectivity index (χ1) is 11.5. The van der Waals surface area contributed by atoms with Gasteiger partial charge in [0.25, 0.3) is 0 Å². The normalized spacial score (nSPS) is 11.5. The van der Waals surface area contributed by atoms with E-state index in [-0.39, 0.29) is 6.04 Å². The van der Waals surface area contributed by atoms with Gasteiger partial charge in [0.05, 0.1) is 29.4 Å². The molecule has 0 saturated carbocycles. The second-order valence-electron chi connectivity index (χ2n) is 5.16. The minimum absolute atomic E-state index is 0.0914. The number of thiocarbonyl (C=S) groups is 1. The smallest absolute Gasteiger partial charge is 0.337 e. The van der Waals surface area contributed by atoms with E-state index in [0.717, 1.165) is 12.0 Å². The molecule has 0 radical (unpaired) electrons. The molecule has 126 valence electrons. The summed E-state index contributed by atoms with van der Waals surface area (Å²) in [5.74, 6) is -0.427. The first kappa shape index (κ1) is 18.2. The molecule has 0 aliphatic heterocycles. The molecule has 2 rings (SSSR count). The van der Waals surface area contributed by atoms with Crippen molar-refractivity contribution in [2.75, 3.05) is 12.4 Å². The Kier molecular flexibility index (Phi) is 6.58. The first-order valence-electron chi connectivity index (χ1n) is 7.55. The van der Waals surface area contributed by atoms with Crippen LogP contribution >= 0.6 is 23.8 Å². The molecular weight excluding hydrogens is 344 g/mol.